The standard InChI is InChI=1S/C14H19Cl2N/c1-2-17-9-12-7-6-10(12)8-11-4-3-5-13(15)14(11)16/h3-5,10,12,17H,2,6-9H2,1H3. The molecule has 3 heteroatoms. The topological polar surface area (TPSA) is 12.0 Å². The van der Waals surface area contributed by atoms with Gasteiger partial charge in [0.05, 0.1) is 10.0 Å². The molecule has 1 aromatic rings. The molecule has 1 aromatic carbocycles. The van der Waals surface area contributed by atoms with Crippen molar-refractivity contribution in [3.05, 3.63) is 33.8 Å². The van der Waals surface area contributed by atoms with Gasteiger partial charge in [0.25, 0.3) is 0 Å². The Morgan fingerprint density at radius 2 is 2.00 bits per heavy atom. The maximum absolute atomic E-state index is 6.22. The number of nitrogens with one attached hydrogen (secondary N) is 1. The molecule has 0 saturated heterocycles. The van der Waals surface area contributed by atoms with Crippen LogP contribution in [0, 0.1) is 11.8 Å². The maximum Gasteiger partial charge on any atom is 0.0624 e. The van der Waals surface area contributed by atoms with Crippen molar-refractivity contribution in [2.75, 3.05) is 13.1 Å². The second-order valence-electron chi connectivity index (χ2n) is 4.82. The van der Waals surface area contributed by atoms with Crippen molar-refractivity contribution in [2.45, 2.75) is 26.2 Å². The minimum Gasteiger partial charge on any atom is -0.317 e. The molecule has 1 nitrogen and oxygen atoms in total. The van der Waals surface area contributed by atoms with Crippen LogP contribution in [0.2, 0.25) is 10.0 Å². The van der Waals surface area contributed by atoms with E-state index in [1.165, 1.54) is 18.4 Å². The minimum atomic E-state index is 0.673. The lowest BCUT2D eigenvalue weighted by Gasteiger charge is -2.37. The third-order valence-electron chi connectivity index (χ3n) is 3.75. The van der Waals surface area contributed by atoms with E-state index in [-0.39, 0.29) is 0 Å². The van der Waals surface area contributed by atoms with Crippen molar-refractivity contribution in [3.8, 4) is 0 Å². The van der Waals surface area contributed by atoms with Crippen LogP contribution in [0.15, 0.2) is 18.2 Å². The lowest BCUT2D eigenvalue weighted by molar-refractivity contribution is 0.172. The van der Waals surface area contributed by atoms with Gasteiger partial charge in [-0.15, -0.1) is 0 Å². The summed E-state index contributed by atoms with van der Waals surface area (Å²) in [5.74, 6) is 1.58. The van der Waals surface area contributed by atoms with E-state index in [0.717, 1.165) is 36.4 Å². The molecule has 94 valence electrons. The molecule has 0 spiro atoms. The normalized spacial score (nSPS) is 23.5. The van der Waals surface area contributed by atoms with Gasteiger partial charge in [-0.3, -0.25) is 0 Å². The Labute approximate surface area is 114 Å². The highest BCUT2D eigenvalue weighted by molar-refractivity contribution is 6.42. The van der Waals surface area contributed by atoms with E-state index in [4.69, 9.17) is 23.2 Å². The van der Waals surface area contributed by atoms with Crippen LogP contribution in [0.3, 0.4) is 0 Å². The number of halogens is 2. The first-order valence-electron chi connectivity index (χ1n) is 6.36. The second-order valence-corrected chi connectivity index (χ2v) is 5.61. The Bertz CT molecular complexity index is 378. The molecule has 0 amide bonds. The van der Waals surface area contributed by atoms with Crippen LogP contribution in [0.25, 0.3) is 0 Å². The van der Waals surface area contributed by atoms with Gasteiger partial charge in [0, 0.05) is 0 Å². The van der Waals surface area contributed by atoms with E-state index in [0.29, 0.717) is 5.02 Å². The van der Waals surface area contributed by atoms with Crippen LogP contribution in [0.1, 0.15) is 25.3 Å². The third kappa shape index (κ3) is 3.15. The van der Waals surface area contributed by atoms with Gasteiger partial charge in [-0.25, -0.2) is 0 Å². The number of benzene rings is 1. The van der Waals surface area contributed by atoms with Gasteiger partial charge < -0.3 is 5.32 Å². The Morgan fingerprint density at radius 3 is 2.65 bits per heavy atom. The molecule has 0 aromatic heterocycles. The maximum atomic E-state index is 6.22. The van der Waals surface area contributed by atoms with Crippen LogP contribution in [0.5, 0.6) is 0 Å². The molecule has 0 aliphatic heterocycles. The van der Waals surface area contributed by atoms with Crippen molar-refractivity contribution < 1.29 is 0 Å². The first-order chi connectivity index (χ1) is 8.22. The van der Waals surface area contributed by atoms with Crippen LogP contribution in [-0.4, -0.2) is 13.1 Å². The fourth-order valence-electron chi connectivity index (χ4n) is 2.49. The summed E-state index contributed by atoms with van der Waals surface area (Å²) in [6.07, 6.45) is 3.73. The van der Waals surface area contributed by atoms with E-state index >= 15 is 0 Å². The summed E-state index contributed by atoms with van der Waals surface area (Å²) in [5.41, 5.74) is 1.20. The van der Waals surface area contributed by atoms with E-state index in [2.05, 4.69) is 18.3 Å². The molecule has 1 aliphatic carbocycles. The van der Waals surface area contributed by atoms with Gasteiger partial charge in [0.2, 0.25) is 0 Å². The average molecular weight is 272 g/mol. The third-order valence-corrected chi connectivity index (χ3v) is 4.60. The largest absolute Gasteiger partial charge is 0.317 e. The minimum absolute atomic E-state index is 0.673. The summed E-state index contributed by atoms with van der Waals surface area (Å²) in [7, 11) is 0. The Morgan fingerprint density at radius 1 is 1.24 bits per heavy atom. The van der Waals surface area contributed by atoms with Crippen molar-refractivity contribution in [2.24, 2.45) is 11.8 Å². The molecular weight excluding hydrogens is 253 g/mol. The molecule has 2 rings (SSSR count). The molecule has 1 aliphatic rings. The number of rotatable bonds is 5. The molecule has 1 fully saturated rings. The molecular formula is C14H19Cl2N. The lowest BCUT2D eigenvalue weighted by Crippen LogP contribution is -2.36. The van der Waals surface area contributed by atoms with Gasteiger partial charge in [-0.2, -0.15) is 0 Å². The van der Waals surface area contributed by atoms with Gasteiger partial charge >= 0.3 is 0 Å². The van der Waals surface area contributed by atoms with E-state index in [1.807, 2.05) is 12.1 Å². The van der Waals surface area contributed by atoms with Crippen LogP contribution >= 0.6 is 23.2 Å². The monoisotopic (exact) mass is 271 g/mol. The quantitative estimate of drug-likeness (QED) is 0.848. The number of hydrogen-bond donors (Lipinski definition) is 1. The van der Waals surface area contributed by atoms with Crippen LogP contribution in [0.4, 0.5) is 0 Å². The zero-order valence-electron chi connectivity index (χ0n) is 10.2. The Hall–Kier alpha value is -0.240. The predicted molar refractivity (Wildman–Crippen MR) is 74.9 cm³/mol. The highest BCUT2D eigenvalue weighted by Gasteiger charge is 2.30. The van der Waals surface area contributed by atoms with E-state index in [1.54, 1.807) is 0 Å². The number of hydrogen-bond acceptors (Lipinski definition) is 1. The first kappa shape index (κ1) is 13.2. The summed E-state index contributed by atoms with van der Waals surface area (Å²) in [5, 5.41) is 4.84. The summed E-state index contributed by atoms with van der Waals surface area (Å²) in [4.78, 5) is 0. The SMILES string of the molecule is CCNCC1CCC1Cc1cccc(Cl)c1Cl. The van der Waals surface area contributed by atoms with E-state index < -0.39 is 0 Å². The summed E-state index contributed by atoms with van der Waals surface area (Å²) < 4.78 is 0. The molecule has 1 saturated carbocycles. The predicted octanol–water partition coefficient (Wildman–Crippen LogP) is 4.17. The van der Waals surface area contributed by atoms with E-state index in [9.17, 15) is 0 Å². The Balaban J connectivity index is 1.94. The second kappa shape index (κ2) is 6.08. The van der Waals surface area contributed by atoms with Crippen LogP contribution in [-0.2, 0) is 6.42 Å². The molecule has 1 N–H and O–H groups in total. The van der Waals surface area contributed by atoms with Crippen molar-refractivity contribution >= 4 is 23.2 Å². The van der Waals surface area contributed by atoms with Gasteiger partial charge in [-0.05, 0) is 55.8 Å². The van der Waals surface area contributed by atoms with Crippen molar-refractivity contribution in [1.29, 1.82) is 0 Å². The first-order valence-corrected chi connectivity index (χ1v) is 7.11. The summed E-state index contributed by atoms with van der Waals surface area (Å²) in [6, 6.07) is 5.93. The van der Waals surface area contributed by atoms with Crippen molar-refractivity contribution in [1.82, 2.24) is 5.32 Å². The molecule has 2 unspecified atom stereocenters. The molecule has 2 atom stereocenters. The fourth-order valence-corrected chi connectivity index (χ4v) is 2.89. The molecule has 0 heterocycles. The lowest BCUT2D eigenvalue weighted by atomic mass is 9.70. The smallest absolute Gasteiger partial charge is 0.0624 e. The summed E-state index contributed by atoms with van der Waals surface area (Å²) in [6.45, 7) is 4.35. The zero-order chi connectivity index (χ0) is 12.3. The molecule has 0 bridgehead atoms. The molecule has 17 heavy (non-hydrogen) atoms. The van der Waals surface area contributed by atoms with Crippen LogP contribution < -0.4 is 5.32 Å². The van der Waals surface area contributed by atoms with Gasteiger partial charge in [0.1, 0.15) is 0 Å². The van der Waals surface area contributed by atoms with Crippen molar-refractivity contribution in [3.63, 3.8) is 0 Å². The average Bonchev–Trinajstić information content (AvgIpc) is 2.30. The highest BCUT2D eigenvalue weighted by atomic mass is 35.5. The summed E-state index contributed by atoms with van der Waals surface area (Å²) >= 11 is 12.3. The van der Waals surface area contributed by atoms with Gasteiger partial charge in [0.15, 0.2) is 0 Å². The zero-order valence-corrected chi connectivity index (χ0v) is 11.7. The Kier molecular flexibility index (Phi) is 4.72. The fraction of sp³-hybridized carbons (Fsp3) is 0.571. The highest BCUT2D eigenvalue weighted by Crippen LogP contribution is 2.38. The molecule has 0 radical (unpaired) electrons. The van der Waals surface area contributed by atoms with Gasteiger partial charge in [-0.1, -0.05) is 42.3 Å².